The topological polar surface area (TPSA) is 105 Å². The van der Waals surface area contributed by atoms with Crippen molar-refractivity contribution >= 4 is 23.9 Å². The molecule has 390 valence electrons. The number of rotatable bonds is 52. The summed E-state index contributed by atoms with van der Waals surface area (Å²) in [5, 5.41) is 0. The van der Waals surface area contributed by atoms with Gasteiger partial charge in [-0.15, -0.1) is 0 Å². The lowest BCUT2D eigenvalue weighted by atomic mass is 10.0. The van der Waals surface area contributed by atoms with Gasteiger partial charge in [-0.2, -0.15) is 0 Å². The summed E-state index contributed by atoms with van der Waals surface area (Å²) < 4.78 is 21.2. The molecule has 0 bridgehead atoms. The second-order valence-electron chi connectivity index (χ2n) is 19.4. The van der Waals surface area contributed by atoms with Crippen molar-refractivity contribution in [3.8, 4) is 0 Å². The summed E-state index contributed by atoms with van der Waals surface area (Å²) in [6, 6.07) is 6.86. The van der Waals surface area contributed by atoms with E-state index in [1.165, 1.54) is 230 Å². The van der Waals surface area contributed by atoms with Crippen molar-refractivity contribution in [1.29, 1.82) is 0 Å². The first-order chi connectivity index (χ1) is 33.5. The standard InChI is InChI=1S/C60H102O8/c1-3-57(61)65-51-45-39-35-31-27-23-19-15-11-7-5-9-13-17-21-25-29-33-37-41-47-53-67-59(63)55-49-43-44-50-56(55)60(64)68-54-48-42-38-34-30-26-22-18-14-10-6-8-12-16-20-24-28-32-36-40-46-52-66-58(62)4-2/h3-4,43-44,49-50H,1-2,5-42,45-48,51-54H2. The predicted molar refractivity (Wildman–Crippen MR) is 283 cm³/mol. The molecule has 0 atom stereocenters. The second kappa shape index (κ2) is 50.0. The highest BCUT2D eigenvalue weighted by Crippen LogP contribution is 2.18. The van der Waals surface area contributed by atoms with Gasteiger partial charge in [0.15, 0.2) is 0 Å². The van der Waals surface area contributed by atoms with E-state index < -0.39 is 11.9 Å². The van der Waals surface area contributed by atoms with E-state index in [9.17, 15) is 19.2 Å². The highest BCUT2D eigenvalue weighted by molar-refractivity contribution is 6.03. The molecule has 1 aromatic rings. The number of benzene rings is 1. The van der Waals surface area contributed by atoms with E-state index in [1.807, 2.05) is 0 Å². The first kappa shape index (κ1) is 62.6. The summed E-state index contributed by atoms with van der Waals surface area (Å²) in [6.07, 6.45) is 55.5. The number of carbonyl (C=O) groups is 4. The van der Waals surface area contributed by atoms with Crippen LogP contribution in [0.3, 0.4) is 0 Å². The third-order valence-corrected chi connectivity index (χ3v) is 13.2. The van der Waals surface area contributed by atoms with Gasteiger partial charge in [0.05, 0.1) is 37.6 Å². The van der Waals surface area contributed by atoms with E-state index in [0.29, 0.717) is 37.6 Å². The summed E-state index contributed by atoms with van der Waals surface area (Å²) >= 11 is 0. The molecule has 0 aliphatic heterocycles. The molecule has 0 unspecified atom stereocenters. The van der Waals surface area contributed by atoms with Crippen LogP contribution in [0.1, 0.15) is 290 Å². The van der Waals surface area contributed by atoms with E-state index >= 15 is 0 Å². The van der Waals surface area contributed by atoms with E-state index in [1.54, 1.807) is 24.3 Å². The monoisotopic (exact) mass is 951 g/mol. The molecule has 0 saturated heterocycles. The molecule has 0 amide bonds. The van der Waals surface area contributed by atoms with E-state index in [-0.39, 0.29) is 11.9 Å². The highest BCUT2D eigenvalue weighted by Gasteiger charge is 2.19. The summed E-state index contributed by atoms with van der Waals surface area (Å²) in [5.41, 5.74) is 0.591. The van der Waals surface area contributed by atoms with E-state index in [0.717, 1.165) is 51.4 Å². The average Bonchev–Trinajstić information content (AvgIpc) is 3.35. The molecule has 0 aliphatic carbocycles. The number of unbranched alkanes of at least 4 members (excludes halogenated alkanes) is 40. The fourth-order valence-electron chi connectivity index (χ4n) is 8.91. The molecule has 0 spiro atoms. The van der Waals surface area contributed by atoms with E-state index in [2.05, 4.69) is 13.2 Å². The molecule has 8 nitrogen and oxygen atoms in total. The first-order valence-electron chi connectivity index (χ1n) is 28.5. The van der Waals surface area contributed by atoms with Crippen LogP contribution in [0, 0.1) is 0 Å². The number of ether oxygens (including phenoxy) is 4. The van der Waals surface area contributed by atoms with Gasteiger partial charge in [0.2, 0.25) is 0 Å². The lowest BCUT2D eigenvalue weighted by Crippen LogP contribution is -2.15. The van der Waals surface area contributed by atoms with Crippen LogP contribution < -0.4 is 0 Å². The Morgan fingerprint density at radius 1 is 0.279 bits per heavy atom. The molecule has 1 aromatic carbocycles. The highest BCUT2D eigenvalue weighted by atomic mass is 16.5. The van der Waals surface area contributed by atoms with Gasteiger partial charge >= 0.3 is 23.9 Å². The van der Waals surface area contributed by atoms with Crippen LogP contribution in [0.4, 0.5) is 0 Å². The van der Waals surface area contributed by atoms with Crippen molar-refractivity contribution in [2.45, 2.75) is 270 Å². The molecule has 0 aliphatic rings. The Balaban J connectivity index is 1.87. The second-order valence-corrected chi connectivity index (χ2v) is 19.4. The van der Waals surface area contributed by atoms with Crippen LogP contribution >= 0.6 is 0 Å². The lowest BCUT2D eigenvalue weighted by molar-refractivity contribution is -0.138. The minimum absolute atomic E-state index is 0.295. The average molecular weight is 951 g/mol. The van der Waals surface area contributed by atoms with Crippen LogP contribution in [0.5, 0.6) is 0 Å². The Morgan fingerprint density at radius 3 is 0.618 bits per heavy atom. The quantitative estimate of drug-likeness (QED) is 0.0275. The van der Waals surface area contributed by atoms with Crippen LogP contribution in [0.25, 0.3) is 0 Å². The number of hydrogen-bond acceptors (Lipinski definition) is 8. The van der Waals surface area contributed by atoms with Crippen molar-refractivity contribution in [1.82, 2.24) is 0 Å². The number of carbonyl (C=O) groups excluding carboxylic acids is 4. The molecule has 0 aromatic heterocycles. The summed E-state index contributed by atoms with van der Waals surface area (Å²) in [5.74, 6) is -1.51. The smallest absolute Gasteiger partial charge is 0.339 e. The molecule has 0 N–H and O–H groups in total. The van der Waals surface area contributed by atoms with Gasteiger partial charge < -0.3 is 18.9 Å². The molecule has 8 heteroatoms. The Hall–Kier alpha value is -3.42. The zero-order chi connectivity index (χ0) is 49.1. The molecule has 0 heterocycles. The van der Waals surface area contributed by atoms with Gasteiger partial charge in [0.1, 0.15) is 0 Å². The van der Waals surface area contributed by atoms with Gasteiger partial charge in [-0.3, -0.25) is 0 Å². The Labute approximate surface area is 417 Å². The van der Waals surface area contributed by atoms with Gasteiger partial charge in [-0.25, -0.2) is 19.2 Å². The summed E-state index contributed by atoms with van der Waals surface area (Å²) in [4.78, 5) is 47.7. The van der Waals surface area contributed by atoms with Gasteiger partial charge in [-0.05, 0) is 37.8 Å². The minimum Gasteiger partial charge on any atom is -0.463 e. The molecule has 0 saturated carbocycles. The fraction of sp³-hybridized carbons (Fsp3) is 0.767. The Morgan fingerprint density at radius 2 is 0.441 bits per heavy atom. The SMILES string of the molecule is C=CC(=O)OCCCCCCCCCCCCCCCCCCCCCCCOC(=O)c1ccccc1C(=O)OCCCCCCCCCCCCCCCCCCCCCCCOC(=O)C=C. The van der Waals surface area contributed by atoms with Crippen LogP contribution in [0.2, 0.25) is 0 Å². The summed E-state index contributed by atoms with van der Waals surface area (Å²) in [6.45, 7) is 8.63. The van der Waals surface area contributed by atoms with Crippen LogP contribution in [-0.2, 0) is 28.5 Å². The maximum Gasteiger partial charge on any atom is 0.339 e. The zero-order valence-electron chi connectivity index (χ0n) is 43.7. The summed E-state index contributed by atoms with van der Waals surface area (Å²) in [7, 11) is 0. The van der Waals surface area contributed by atoms with Crippen molar-refractivity contribution in [3.63, 3.8) is 0 Å². The van der Waals surface area contributed by atoms with Gasteiger partial charge in [0.25, 0.3) is 0 Å². The van der Waals surface area contributed by atoms with Gasteiger partial charge in [-0.1, -0.05) is 269 Å². The third kappa shape index (κ3) is 41.5. The predicted octanol–water partition coefficient (Wildman–Crippen LogP) is 17.8. The maximum atomic E-state index is 12.9. The van der Waals surface area contributed by atoms with Crippen molar-refractivity contribution in [2.75, 3.05) is 26.4 Å². The minimum atomic E-state index is -0.441. The van der Waals surface area contributed by atoms with Gasteiger partial charge in [0, 0.05) is 12.2 Å². The Kier molecular flexibility index (Phi) is 46.0. The molecule has 0 radical (unpaired) electrons. The van der Waals surface area contributed by atoms with Crippen LogP contribution in [0.15, 0.2) is 49.6 Å². The largest absolute Gasteiger partial charge is 0.463 e. The zero-order valence-corrected chi connectivity index (χ0v) is 43.7. The number of hydrogen-bond donors (Lipinski definition) is 0. The lowest BCUT2D eigenvalue weighted by Gasteiger charge is -2.10. The maximum absolute atomic E-state index is 12.9. The van der Waals surface area contributed by atoms with Crippen molar-refractivity contribution in [3.05, 3.63) is 60.7 Å². The third-order valence-electron chi connectivity index (χ3n) is 13.2. The molecular formula is C60H102O8. The molecule has 1 rings (SSSR count). The van der Waals surface area contributed by atoms with Crippen molar-refractivity contribution in [2.24, 2.45) is 0 Å². The van der Waals surface area contributed by atoms with E-state index in [4.69, 9.17) is 18.9 Å². The Bertz CT molecular complexity index is 1260. The molecular weight excluding hydrogens is 849 g/mol. The molecule has 0 fully saturated rings. The van der Waals surface area contributed by atoms with Crippen LogP contribution in [-0.4, -0.2) is 50.3 Å². The molecule has 68 heavy (non-hydrogen) atoms. The fourth-order valence-corrected chi connectivity index (χ4v) is 8.91. The first-order valence-corrected chi connectivity index (χ1v) is 28.5. The normalized spacial score (nSPS) is 11.1. The van der Waals surface area contributed by atoms with Crippen molar-refractivity contribution < 1.29 is 38.1 Å². The number of esters is 4.